The molecule has 1 aliphatic rings. The summed E-state index contributed by atoms with van der Waals surface area (Å²) in [6.45, 7) is 1.89. The molecule has 1 fully saturated rings. The highest BCUT2D eigenvalue weighted by molar-refractivity contribution is 7.89. The number of hydrogen-bond donors (Lipinski definition) is 1. The molecule has 1 heterocycles. The molecule has 22 heavy (non-hydrogen) atoms. The maximum atomic E-state index is 12.1. The minimum atomic E-state index is -3.17. The second kappa shape index (κ2) is 8.62. The van der Waals surface area contributed by atoms with Crippen LogP contribution in [-0.2, 0) is 21.2 Å². The van der Waals surface area contributed by atoms with Gasteiger partial charge in [-0.2, -0.15) is 0 Å². The van der Waals surface area contributed by atoms with Gasteiger partial charge in [-0.15, -0.1) is 0 Å². The van der Waals surface area contributed by atoms with E-state index in [2.05, 4.69) is 0 Å². The lowest BCUT2D eigenvalue weighted by Crippen LogP contribution is -2.38. The number of hydrogen-bond acceptors (Lipinski definition) is 4. The number of piperidine rings is 1. The zero-order valence-electron chi connectivity index (χ0n) is 13.0. The van der Waals surface area contributed by atoms with Gasteiger partial charge in [0.2, 0.25) is 10.0 Å². The third-order valence-corrected chi connectivity index (χ3v) is 5.70. The van der Waals surface area contributed by atoms with Crippen molar-refractivity contribution >= 4 is 10.0 Å². The van der Waals surface area contributed by atoms with Crippen LogP contribution in [0.1, 0.15) is 24.8 Å². The van der Waals surface area contributed by atoms with E-state index in [1.54, 1.807) is 4.31 Å². The van der Waals surface area contributed by atoms with Crippen LogP contribution in [-0.4, -0.2) is 50.8 Å². The molecule has 1 aromatic carbocycles. The molecular formula is C16H26N2O3S. The molecular weight excluding hydrogens is 300 g/mol. The molecule has 0 bridgehead atoms. The molecule has 0 spiro atoms. The largest absolute Gasteiger partial charge is 0.379 e. The molecule has 6 heteroatoms. The number of sulfonamides is 1. The highest BCUT2D eigenvalue weighted by Gasteiger charge is 2.23. The first-order valence-corrected chi connectivity index (χ1v) is 9.54. The Morgan fingerprint density at radius 1 is 1.14 bits per heavy atom. The quantitative estimate of drug-likeness (QED) is 0.733. The summed E-state index contributed by atoms with van der Waals surface area (Å²) < 4.78 is 31.3. The SMILES string of the molecule is N[C@H](COCCS(=O)(=O)N1CCCCC1)Cc1ccccc1. The van der Waals surface area contributed by atoms with Gasteiger partial charge in [0.05, 0.1) is 19.0 Å². The predicted molar refractivity (Wildman–Crippen MR) is 88.2 cm³/mol. The van der Waals surface area contributed by atoms with E-state index in [0.29, 0.717) is 19.7 Å². The molecule has 5 nitrogen and oxygen atoms in total. The Bertz CT molecular complexity index is 528. The fourth-order valence-electron chi connectivity index (χ4n) is 2.65. The van der Waals surface area contributed by atoms with Crippen LogP contribution >= 0.6 is 0 Å². The van der Waals surface area contributed by atoms with Gasteiger partial charge in [-0.1, -0.05) is 36.8 Å². The van der Waals surface area contributed by atoms with E-state index in [9.17, 15) is 8.42 Å². The number of benzene rings is 1. The van der Waals surface area contributed by atoms with Crippen LogP contribution in [0.15, 0.2) is 30.3 Å². The normalized spacial score (nSPS) is 18.2. The first kappa shape index (κ1) is 17.4. The zero-order valence-corrected chi connectivity index (χ0v) is 13.8. The van der Waals surface area contributed by atoms with Crippen molar-refractivity contribution in [1.29, 1.82) is 0 Å². The molecule has 1 aromatic rings. The van der Waals surface area contributed by atoms with Gasteiger partial charge >= 0.3 is 0 Å². The smallest absolute Gasteiger partial charge is 0.216 e. The highest BCUT2D eigenvalue weighted by Crippen LogP contribution is 2.13. The van der Waals surface area contributed by atoms with Crippen molar-refractivity contribution < 1.29 is 13.2 Å². The molecule has 1 aliphatic heterocycles. The monoisotopic (exact) mass is 326 g/mol. The van der Waals surface area contributed by atoms with Gasteiger partial charge in [0.25, 0.3) is 0 Å². The first-order chi connectivity index (χ1) is 10.6. The molecule has 0 unspecified atom stereocenters. The Morgan fingerprint density at radius 3 is 2.50 bits per heavy atom. The van der Waals surface area contributed by atoms with Gasteiger partial charge in [0.15, 0.2) is 0 Å². The molecule has 1 atom stereocenters. The van der Waals surface area contributed by atoms with Gasteiger partial charge in [-0.25, -0.2) is 12.7 Å². The molecule has 0 aliphatic carbocycles. The van der Waals surface area contributed by atoms with E-state index in [4.69, 9.17) is 10.5 Å². The molecule has 124 valence electrons. The van der Waals surface area contributed by atoms with Crippen LogP contribution in [0.25, 0.3) is 0 Å². The van der Waals surface area contributed by atoms with Gasteiger partial charge in [0.1, 0.15) is 0 Å². The second-order valence-corrected chi connectivity index (χ2v) is 7.89. The summed E-state index contributed by atoms with van der Waals surface area (Å²) in [5.74, 6) is 0.0467. The van der Waals surface area contributed by atoms with E-state index in [1.807, 2.05) is 30.3 Å². The Labute approximate surface area is 133 Å². The Balaban J connectivity index is 1.65. The first-order valence-electron chi connectivity index (χ1n) is 7.93. The molecule has 2 N–H and O–H groups in total. The topological polar surface area (TPSA) is 72.6 Å². The van der Waals surface area contributed by atoms with Crippen molar-refractivity contribution in [2.75, 3.05) is 32.1 Å². The number of nitrogens with zero attached hydrogens (tertiary/aromatic N) is 1. The van der Waals surface area contributed by atoms with Crippen LogP contribution in [0.4, 0.5) is 0 Å². The van der Waals surface area contributed by atoms with E-state index >= 15 is 0 Å². The summed E-state index contributed by atoms with van der Waals surface area (Å²) in [5.41, 5.74) is 7.18. The highest BCUT2D eigenvalue weighted by atomic mass is 32.2. The summed E-state index contributed by atoms with van der Waals surface area (Å²) in [6.07, 6.45) is 3.78. The fourth-order valence-corrected chi connectivity index (χ4v) is 4.05. The average molecular weight is 326 g/mol. The van der Waals surface area contributed by atoms with Crippen LogP contribution in [0, 0.1) is 0 Å². The Morgan fingerprint density at radius 2 is 1.82 bits per heavy atom. The van der Waals surface area contributed by atoms with Crippen LogP contribution in [0.3, 0.4) is 0 Å². The summed E-state index contributed by atoms with van der Waals surface area (Å²) >= 11 is 0. The van der Waals surface area contributed by atoms with Gasteiger partial charge < -0.3 is 10.5 Å². The van der Waals surface area contributed by atoms with E-state index in [-0.39, 0.29) is 18.4 Å². The van der Waals surface area contributed by atoms with Crippen molar-refractivity contribution in [2.45, 2.75) is 31.7 Å². The summed E-state index contributed by atoms with van der Waals surface area (Å²) in [5, 5.41) is 0. The second-order valence-electron chi connectivity index (χ2n) is 5.80. The van der Waals surface area contributed by atoms with Crippen molar-refractivity contribution in [1.82, 2.24) is 4.31 Å². The van der Waals surface area contributed by atoms with E-state index < -0.39 is 10.0 Å². The Hall–Kier alpha value is -0.950. The fraction of sp³-hybridized carbons (Fsp3) is 0.625. The molecule has 0 amide bonds. The molecule has 0 aromatic heterocycles. The number of ether oxygens (including phenoxy) is 1. The lowest BCUT2D eigenvalue weighted by Gasteiger charge is -2.25. The van der Waals surface area contributed by atoms with Crippen LogP contribution < -0.4 is 5.73 Å². The van der Waals surface area contributed by atoms with Crippen molar-refractivity contribution in [3.8, 4) is 0 Å². The third kappa shape index (κ3) is 5.68. The van der Waals surface area contributed by atoms with Crippen molar-refractivity contribution in [3.05, 3.63) is 35.9 Å². The summed E-state index contributed by atoms with van der Waals surface area (Å²) in [4.78, 5) is 0. The van der Waals surface area contributed by atoms with E-state index in [0.717, 1.165) is 25.7 Å². The zero-order chi connectivity index (χ0) is 15.8. The van der Waals surface area contributed by atoms with Gasteiger partial charge in [-0.05, 0) is 24.8 Å². The number of nitrogens with two attached hydrogens (primary N) is 1. The summed E-state index contributed by atoms with van der Waals surface area (Å²) in [7, 11) is -3.17. The Kier molecular flexibility index (Phi) is 6.82. The minimum Gasteiger partial charge on any atom is -0.379 e. The van der Waals surface area contributed by atoms with Crippen molar-refractivity contribution in [3.63, 3.8) is 0 Å². The van der Waals surface area contributed by atoms with Gasteiger partial charge in [-0.3, -0.25) is 0 Å². The lowest BCUT2D eigenvalue weighted by molar-refractivity contribution is 0.133. The molecule has 0 radical (unpaired) electrons. The number of rotatable bonds is 8. The van der Waals surface area contributed by atoms with Crippen LogP contribution in [0.2, 0.25) is 0 Å². The summed E-state index contributed by atoms with van der Waals surface area (Å²) in [6, 6.07) is 9.88. The van der Waals surface area contributed by atoms with E-state index in [1.165, 1.54) is 5.56 Å². The average Bonchev–Trinajstić information content (AvgIpc) is 2.53. The van der Waals surface area contributed by atoms with Gasteiger partial charge in [0, 0.05) is 19.1 Å². The minimum absolute atomic E-state index is 0.0467. The molecule has 0 saturated carbocycles. The van der Waals surface area contributed by atoms with Crippen LogP contribution in [0.5, 0.6) is 0 Å². The predicted octanol–water partition coefficient (Wildman–Crippen LogP) is 1.39. The molecule has 1 saturated heterocycles. The maximum absolute atomic E-state index is 12.1. The third-order valence-electron chi connectivity index (χ3n) is 3.87. The van der Waals surface area contributed by atoms with Crippen molar-refractivity contribution in [2.24, 2.45) is 5.73 Å². The maximum Gasteiger partial charge on any atom is 0.216 e. The standard InChI is InChI=1S/C16H26N2O3S/c17-16(13-15-7-3-1-4-8-15)14-21-11-12-22(19,20)18-9-5-2-6-10-18/h1,3-4,7-8,16H,2,5-6,9-14,17H2/t16-/m0/s1. The lowest BCUT2D eigenvalue weighted by atomic mass is 10.1. The molecule has 2 rings (SSSR count).